The number of rotatable bonds is 5. The van der Waals surface area contributed by atoms with Crippen molar-refractivity contribution in [3.8, 4) is 16.5 Å². The van der Waals surface area contributed by atoms with E-state index in [0.29, 0.717) is 16.2 Å². The number of amides is 1. The molecular weight excluding hydrogens is 424 g/mol. The lowest BCUT2D eigenvalue weighted by Gasteiger charge is -2.11. The van der Waals surface area contributed by atoms with Gasteiger partial charge >= 0.3 is 5.97 Å². The number of carbonyl (C=O) groups excluding carboxylic acids is 2. The van der Waals surface area contributed by atoms with E-state index in [4.69, 9.17) is 4.74 Å². The van der Waals surface area contributed by atoms with Gasteiger partial charge in [-0.15, -0.1) is 11.3 Å². The molecule has 2 N–H and O–H groups in total. The van der Waals surface area contributed by atoms with E-state index in [9.17, 15) is 14.7 Å². The molecule has 0 atom stereocenters. The number of hydrogen-bond acceptors (Lipinski definition) is 8. The van der Waals surface area contributed by atoms with Crippen LogP contribution in [0.25, 0.3) is 21.7 Å². The zero-order valence-electron chi connectivity index (χ0n) is 13.5. The highest BCUT2D eigenvalue weighted by molar-refractivity contribution is 9.10. The van der Waals surface area contributed by atoms with E-state index in [0.717, 1.165) is 0 Å². The largest absolute Gasteiger partial charge is 0.506 e. The molecule has 1 amide bonds. The number of halogens is 1. The number of esters is 1. The third-order valence-electron chi connectivity index (χ3n) is 3.34. The second-order valence-electron chi connectivity index (χ2n) is 5.03. The fourth-order valence-corrected chi connectivity index (χ4v) is 3.24. The predicted molar refractivity (Wildman–Crippen MR) is 99.0 cm³/mol. The van der Waals surface area contributed by atoms with Crippen molar-refractivity contribution < 1.29 is 19.4 Å². The van der Waals surface area contributed by atoms with E-state index in [1.165, 1.54) is 17.5 Å². The second-order valence-corrected chi connectivity index (χ2v) is 6.78. The van der Waals surface area contributed by atoms with Crippen LogP contribution in [0.5, 0.6) is 5.75 Å². The standard InChI is InChI=1S/C16H13BrN4O4S/c1-2-25-11(22)7-20-15(24)12-13-9(5-8(17)14(12)23)21-10(6-19-13)16-18-3-4-26-16/h3-6,23H,2,7H2,1H3,(H,20,24). The molecule has 0 aliphatic rings. The smallest absolute Gasteiger partial charge is 0.325 e. The van der Waals surface area contributed by atoms with E-state index in [-0.39, 0.29) is 34.5 Å². The summed E-state index contributed by atoms with van der Waals surface area (Å²) in [6, 6.07) is 1.57. The molecular formula is C16H13BrN4O4S. The minimum absolute atomic E-state index is 0.0723. The van der Waals surface area contributed by atoms with Gasteiger partial charge in [-0.1, -0.05) is 0 Å². The van der Waals surface area contributed by atoms with Crippen molar-refractivity contribution in [1.29, 1.82) is 0 Å². The van der Waals surface area contributed by atoms with E-state index in [1.807, 2.05) is 5.38 Å². The summed E-state index contributed by atoms with van der Waals surface area (Å²) in [6.07, 6.45) is 3.14. The summed E-state index contributed by atoms with van der Waals surface area (Å²) in [4.78, 5) is 36.8. The molecule has 2 heterocycles. The van der Waals surface area contributed by atoms with E-state index in [2.05, 4.69) is 36.2 Å². The van der Waals surface area contributed by atoms with Crippen molar-refractivity contribution in [2.24, 2.45) is 0 Å². The Morgan fingerprint density at radius 3 is 2.88 bits per heavy atom. The highest BCUT2D eigenvalue weighted by Gasteiger charge is 2.21. The molecule has 10 heteroatoms. The maximum atomic E-state index is 12.5. The third-order valence-corrected chi connectivity index (χ3v) is 4.74. The molecule has 0 bridgehead atoms. The van der Waals surface area contributed by atoms with Crippen molar-refractivity contribution in [1.82, 2.24) is 20.3 Å². The lowest BCUT2D eigenvalue weighted by molar-refractivity contribution is -0.141. The van der Waals surface area contributed by atoms with Crippen molar-refractivity contribution in [2.45, 2.75) is 6.92 Å². The Bertz CT molecular complexity index is 978. The van der Waals surface area contributed by atoms with Gasteiger partial charge in [0, 0.05) is 11.6 Å². The van der Waals surface area contributed by atoms with Gasteiger partial charge in [-0.3, -0.25) is 14.6 Å². The van der Waals surface area contributed by atoms with Gasteiger partial charge in [-0.2, -0.15) is 0 Å². The first kappa shape index (κ1) is 18.2. The van der Waals surface area contributed by atoms with Crippen LogP contribution in [-0.2, 0) is 9.53 Å². The molecule has 0 aliphatic carbocycles. The first-order chi connectivity index (χ1) is 12.5. The Balaban J connectivity index is 1.99. The summed E-state index contributed by atoms with van der Waals surface area (Å²) in [5.41, 5.74) is 1.11. The third kappa shape index (κ3) is 3.65. The molecule has 0 saturated heterocycles. The van der Waals surface area contributed by atoms with Gasteiger partial charge in [-0.25, -0.2) is 9.97 Å². The van der Waals surface area contributed by atoms with Crippen molar-refractivity contribution in [2.75, 3.05) is 13.2 Å². The SMILES string of the molecule is CCOC(=O)CNC(=O)c1c(O)c(Br)cc2nc(-c3nccs3)cnc12. The van der Waals surface area contributed by atoms with Gasteiger partial charge in [0.2, 0.25) is 0 Å². The summed E-state index contributed by atoms with van der Waals surface area (Å²) in [5, 5.41) is 15.2. The zero-order chi connectivity index (χ0) is 18.7. The van der Waals surface area contributed by atoms with Gasteiger partial charge in [0.1, 0.15) is 34.1 Å². The van der Waals surface area contributed by atoms with Crippen LogP contribution in [0.15, 0.2) is 28.3 Å². The Labute approximate surface area is 160 Å². The number of aromatic hydroxyl groups is 1. The number of phenols is 1. The summed E-state index contributed by atoms with van der Waals surface area (Å²) in [5.74, 6) is -1.51. The van der Waals surface area contributed by atoms with Crippen molar-refractivity contribution >= 4 is 50.2 Å². The molecule has 8 nitrogen and oxygen atoms in total. The number of fused-ring (bicyclic) bond motifs is 1. The first-order valence-corrected chi connectivity index (χ1v) is 9.20. The maximum absolute atomic E-state index is 12.5. The van der Waals surface area contributed by atoms with Gasteiger partial charge < -0.3 is 15.2 Å². The zero-order valence-corrected chi connectivity index (χ0v) is 15.9. The average Bonchev–Trinajstić information content (AvgIpc) is 3.15. The van der Waals surface area contributed by atoms with Crippen molar-refractivity contribution in [3.63, 3.8) is 0 Å². The number of phenolic OH excluding ortho intramolecular Hbond substituents is 1. The van der Waals surface area contributed by atoms with Crippen molar-refractivity contribution in [3.05, 3.63) is 33.9 Å². The number of aromatic nitrogens is 3. The number of hydrogen-bond donors (Lipinski definition) is 2. The van der Waals surface area contributed by atoms with E-state index < -0.39 is 11.9 Å². The highest BCUT2D eigenvalue weighted by atomic mass is 79.9. The number of benzene rings is 1. The quantitative estimate of drug-likeness (QED) is 0.590. The summed E-state index contributed by atoms with van der Waals surface area (Å²) >= 11 is 4.62. The van der Waals surface area contributed by atoms with E-state index in [1.54, 1.807) is 19.2 Å². The summed E-state index contributed by atoms with van der Waals surface area (Å²) < 4.78 is 5.06. The van der Waals surface area contributed by atoms with Crippen LogP contribution in [0, 0.1) is 0 Å². The summed E-state index contributed by atoms with van der Waals surface area (Å²) in [6.45, 7) is 1.57. The Hall–Kier alpha value is -2.59. The Morgan fingerprint density at radius 2 is 2.19 bits per heavy atom. The van der Waals surface area contributed by atoms with Crippen LogP contribution >= 0.6 is 27.3 Å². The molecule has 0 fully saturated rings. The van der Waals surface area contributed by atoms with Gasteiger partial charge in [0.25, 0.3) is 5.91 Å². The maximum Gasteiger partial charge on any atom is 0.325 e. The molecule has 134 valence electrons. The predicted octanol–water partition coefficient (Wildman–Crippen LogP) is 2.51. The molecule has 0 spiro atoms. The second kappa shape index (κ2) is 7.75. The van der Waals surface area contributed by atoms with Crippen LogP contribution in [0.4, 0.5) is 0 Å². The number of nitrogens with zero attached hydrogens (tertiary/aromatic N) is 3. The topological polar surface area (TPSA) is 114 Å². The first-order valence-electron chi connectivity index (χ1n) is 7.53. The fourth-order valence-electron chi connectivity index (χ4n) is 2.24. The van der Waals surface area contributed by atoms with Crippen LogP contribution in [0.1, 0.15) is 17.3 Å². The van der Waals surface area contributed by atoms with Gasteiger partial charge in [0.05, 0.1) is 22.8 Å². The average molecular weight is 437 g/mol. The number of nitrogens with one attached hydrogen (secondary N) is 1. The molecule has 1 aromatic carbocycles. The lowest BCUT2D eigenvalue weighted by atomic mass is 10.1. The van der Waals surface area contributed by atoms with Gasteiger partial charge in [-0.05, 0) is 28.9 Å². The number of carbonyl (C=O) groups is 2. The van der Waals surface area contributed by atoms with Gasteiger partial charge in [0.15, 0.2) is 0 Å². The van der Waals surface area contributed by atoms with Crippen LogP contribution < -0.4 is 5.32 Å². The number of ether oxygens (including phenoxy) is 1. The Kier molecular flexibility index (Phi) is 5.43. The minimum Gasteiger partial charge on any atom is -0.506 e. The molecule has 26 heavy (non-hydrogen) atoms. The highest BCUT2D eigenvalue weighted by Crippen LogP contribution is 2.34. The monoisotopic (exact) mass is 436 g/mol. The minimum atomic E-state index is -0.654. The normalized spacial score (nSPS) is 10.7. The van der Waals surface area contributed by atoms with E-state index >= 15 is 0 Å². The lowest BCUT2D eigenvalue weighted by Crippen LogP contribution is -2.31. The molecule has 0 unspecified atom stereocenters. The molecule has 0 aliphatic heterocycles. The van der Waals surface area contributed by atoms with Crippen LogP contribution in [0.2, 0.25) is 0 Å². The molecule has 3 rings (SSSR count). The number of thiazole rings is 1. The molecule has 2 aromatic heterocycles. The molecule has 3 aromatic rings. The fraction of sp³-hybridized carbons (Fsp3) is 0.188. The van der Waals surface area contributed by atoms with Crippen LogP contribution in [0.3, 0.4) is 0 Å². The summed E-state index contributed by atoms with van der Waals surface area (Å²) in [7, 11) is 0. The molecule has 0 saturated carbocycles. The Morgan fingerprint density at radius 1 is 1.38 bits per heavy atom. The van der Waals surface area contributed by atoms with Crippen LogP contribution in [-0.4, -0.2) is 45.1 Å². The molecule has 0 radical (unpaired) electrons.